The Morgan fingerprint density at radius 1 is 1.41 bits per heavy atom. The van der Waals surface area contributed by atoms with Gasteiger partial charge in [0.2, 0.25) is 0 Å². The molecule has 1 saturated heterocycles. The van der Waals surface area contributed by atoms with Crippen molar-refractivity contribution in [3.8, 4) is 0 Å². The zero-order valence-corrected chi connectivity index (χ0v) is 11.1. The van der Waals surface area contributed by atoms with Gasteiger partial charge in [-0.1, -0.05) is 0 Å². The van der Waals surface area contributed by atoms with Crippen LogP contribution in [-0.4, -0.2) is 58.8 Å². The molecule has 0 aromatic carbocycles. The fraction of sp³-hybridized carbons (Fsp3) is 0.750. The largest absolute Gasteiger partial charge is 0.329 e. The Kier molecular flexibility index (Phi) is 3.81. The van der Waals surface area contributed by atoms with Crippen LogP contribution in [0.3, 0.4) is 0 Å². The number of nitrogens with two attached hydrogens (primary N) is 1. The van der Waals surface area contributed by atoms with Gasteiger partial charge in [0.15, 0.2) is 0 Å². The average molecular weight is 237 g/mol. The molecule has 0 saturated carbocycles. The molecule has 1 unspecified atom stereocenters. The fourth-order valence-electron chi connectivity index (χ4n) is 2.50. The Morgan fingerprint density at radius 3 is 2.76 bits per heavy atom. The highest BCUT2D eigenvalue weighted by atomic mass is 15.3. The van der Waals surface area contributed by atoms with Gasteiger partial charge in [0.25, 0.3) is 0 Å². The quantitative estimate of drug-likeness (QED) is 0.791. The molecule has 1 aromatic heterocycles. The van der Waals surface area contributed by atoms with Gasteiger partial charge in [0, 0.05) is 57.6 Å². The molecule has 5 nitrogen and oxygen atoms in total. The molecule has 2 N–H and O–H groups in total. The zero-order valence-electron chi connectivity index (χ0n) is 11.1. The van der Waals surface area contributed by atoms with Crippen LogP contribution in [0.25, 0.3) is 0 Å². The lowest BCUT2D eigenvalue weighted by atomic mass is 10.1. The topological polar surface area (TPSA) is 50.3 Å². The molecule has 5 heteroatoms. The predicted molar refractivity (Wildman–Crippen MR) is 68.7 cm³/mol. The van der Waals surface area contributed by atoms with Crippen LogP contribution in [0, 0.1) is 6.92 Å². The van der Waals surface area contributed by atoms with Gasteiger partial charge < -0.3 is 10.6 Å². The first-order valence-electron chi connectivity index (χ1n) is 6.22. The summed E-state index contributed by atoms with van der Waals surface area (Å²) in [6.07, 6.45) is 2.11. The summed E-state index contributed by atoms with van der Waals surface area (Å²) in [6.45, 7) is 7.04. The molecule has 17 heavy (non-hydrogen) atoms. The van der Waals surface area contributed by atoms with Gasteiger partial charge >= 0.3 is 0 Å². The summed E-state index contributed by atoms with van der Waals surface area (Å²) < 4.78 is 1.89. The Balaban J connectivity index is 2.04. The molecular weight excluding hydrogens is 214 g/mol. The summed E-state index contributed by atoms with van der Waals surface area (Å²) in [5.74, 6) is 0. The minimum Gasteiger partial charge on any atom is -0.329 e. The molecule has 1 aromatic rings. The summed E-state index contributed by atoms with van der Waals surface area (Å²) in [5, 5.41) is 4.39. The van der Waals surface area contributed by atoms with Gasteiger partial charge in [-0.3, -0.25) is 9.58 Å². The maximum Gasteiger partial charge on any atom is 0.0638 e. The molecule has 1 aliphatic rings. The second kappa shape index (κ2) is 5.16. The first-order valence-corrected chi connectivity index (χ1v) is 6.22. The lowest BCUT2D eigenvalue weighted by Crippen LogP contribution is -2.54. The average Bonchev–Trinajstić information content (AvgIpc) is 2.60. The van der Waals surface area contributed by atoms with E-state index < -0.39 is 0 Å². The highest BCUT2D eigenvalue weighted by molar-refractivity contribution is 5.15. The van der Waals surface area contributed by atoms with E-state index in [-0.39, 0.29) is 0 Å². The van der Waals surface area contributed by atoms with E-state index in [9.17, 15) is 0 Å². The van der Waals surface area contributed by atoms with Crippen molar-refractivity contribution in [1.29, 1.82) is 0 Å². The summed E-state index contributed by atoms with van der Waals surface area (Å²) in [4.78, 5) is 4.83. The number of rotatable bonds is 3. The van der Waals surface area contributed by atoms with E-state index >= 15 is 0 Å². The number of piperazine rings is 1. The van der Waals surface area contributed by atoms with Crippen LogP contribution in [0.15, 0.2) is 6.20 Å². The lowest BCUT2D eigenvalue weighted by Gasteiger charge is -2.39. The van der Waals surface area contributed by atoms with E-state index in [1.807, 2.05) is 11.7 Å². The van der Waals surface area contributed by atoms with Gasteiger partial charge in [-0.05, 0) is 14.0 Å². The lowest BCUT2D eigenvalue weighted by molar-refractivity contribution is 0.0879. The number of likely N-dealkylation sites (N-methyl/N-ethyl adjacent to an activating group) is 1. The summed E-state index contributed by atoms with van der Waals surface area (Å²) in [7, 11) is 4.14. The molecule has 1 atom stereocenters. The smallest absolute Gasteiger partial charge is 0.0638 e. The molecule has 1 aliphatic heterocycles. The molecule has 0 aliphatic carbocycles. The highest BCUT2D eigenvalue weighted by Crippen LogP contribution is 2.14. The Morgan fingerprint density at radius 2 is 2.18 bits per heavy atom. The third-order valence-corrected chi connectivity index (χ3v) is 3.57. The van der Waals surface area contributed by atoms with E-state index in [2.05, 4.69) is 35.1 Å². The van der Waals surface area contributed by atoms with Gasteiger partial charge in [-0.2, -0.15) is 5.10 Å². The van der Waals surface area contributed by atoms with Crippen molar-refractivity contribution in [2.45, 2.75) is 19.5 Å². The van der Waals surface area contributed by atoms with E-state index in [1.54, 1.807) is 0 Å². The maximum absolute atomic E-state index is 5.86. The normalized spacial score (nSPS) is 23.2. The molecule has 96 valence electrons. The molecule has 2 heterocycles. The number of aromatic nitrogens is 2. The molecule has 1 fully saturated rings. The SMILES string of the molecule is Cc1nn(C)cc1CN1CCN(C)CC1CN. The molecular formula is C12H23N5. The van der Waals surface area contributed by atoms with Crippen LogP contribution in [0.2, 0.25) is 0 Å². The van der Waals surface area contributed by atoms with Crippen LogP contribution < -0.4 is 5.73 Å². The third kappa shape index (κ3) is 2.86. The van der Waals surface area contributed by atoms with Crippen molar-refractivity contribution < 1.29 is 0 Å². The first kappa shape index (κ1) is 12.5. The molecule has 0 spiro atoms. The Bertz CT molecular complexity index is 373. The second-order valence-corrected chi connectivity index (χ2v) is 5.04. The number of hydrogen-bond donors (Lipinski definition) is 1. The van der Waals surface area contributed by atoms with Crippen molar-refractivity contribution in [1.82, 2.24) is 19.6 Å². The highest BCUT2D eigenvalue weighted by Gasteiger charge is 2.24. The van der Waals surface area contributed by atoms with Crippen molar-refractivity contribution in [2.24, 2.45) is 12.8 Å². The van der Waals surface area contributed by atoms with Crippen LogP contribution in [0.4, 0.5) is 0 Å². The van der Waals surface area contributed by atoms with Gasteiger partial charge in [-0.25, -0.2) is 0 Å². The van der Waals surface area contributed by atoms with Gasteiger partial charge in [0.1, 0.15) is 0 Å². The Labute approximate surface area is 103 Å². The standard InChI is InChI=1S/C12H23N5/c1-10-11(7-16(3)14-10)8-17-5-4-15(2)9-12(17)6-13/h7,12H,4-6,8-9,13H2,1-3H3. The van der Waals surface area contributed by atoms with E-state index in [0.717, 1.165) is 38.4 Å². The molecule has 0 amide bonds. The molecule has 2 rings (SSSR count). The van der Waals surface area contributed by atoms with Crippen LogP contribution in [0.5, 0.6) is 0 Å². The predicted octanol–water partition coefficient (Wildman–Crippen LogP) is -0.197. The van der Waals surface area contributed by atoms with Crippen molar-refractivity contribution in [3.63, 3.8) is 0 Å². The Hall–Kier alpha value is -0.910. The second-order valence-electron chi connectivity index (χ2n) is 5.04. The number of nitrogens with zero attached hydrogens (tertiary/aromatic N) is 4. The van der Waals surface area contributed by atoms with E-state index in [1.165, 1.54) is 5.56 Å². The zero-order chi connectivity index (χ0) is 12.4. The summed E-state index contributed by atoms with van der Waals surface area (Å²) in [5.41, 5.74) is 8.31. The van der Waals surface area contributed by atoms with Crippen molar-refractivity contribution in [2.75, 3.05) is 33.2 Å². The molecule has 0 radical (unpaired) electrons. The van der Waals surface area contributed by atoms with Gasteiger partial charge in [-0.15, -0.1) is 0 Å². The minimum absolute atomic E-state index is 0.466. The first-order chi connectivity index (χ1) is 8.10. The van der Waals surface area contributed by atoms with E-state index in [4.69, 9.17) is 5.73 Å². The maximum atomic E-state index is 5.86. The fourth-order valence-corrected chi connectivity index (χ4v) is 2.50. The van der Waals surface area contributed by atoms with Gasteiger partial charge in [0.05, 0.1) is 5.69 Å². The number of hydrogen-bond acceptors (Lipinski definition) is 4. The minimum atomic E-state index is 0.466. The molecule has 0 bridgehead atoms. The van der Waals surface area contributed by atoms with Crippen molar-refractivity contribution >= 4 is 0 Å². The number of aryl methyl sites for hydroxylation is 2. The van der Waals surface area contributed by atoms with Crippen LogP contribution in [-0.2, 0) is 13.6 Å². The van der Waals surface area contributed by atoms with Crippen molar-refractivity contribution in [3.05, 3.63) is 17.5 Å². The van der Waals surface area contributed by atoms with Crippen LogP contribution in [0.1, 0.15) is 11.3 Å². The summed E-state index contributed by atoms with van der Waals surface area (Å²) >= 11 is 0. The third-order valence-electron chi connectivity index (χ3n) is 3.57. The van der Waals surface area contributed by atoms with Crippen LogP contribution >= 0.6 is 0 Å². The van der Waals surface area contributed by atoms with E-state index in [0.29, 0.717) is 6.04 Å². The summed E-state index contributed by atoms with van der Waals surface area (Å²) in [6, 6.07) is 0.466. The monoisotopic (exact) mass is 237 g/mol.